The number of aryl methyl sites for hydroxylation is 2. The fraction of sp³-hybridized carbons (Fsp3) is 0.143. The minimum Gasteiger partial charge on any atom is -0.478 e. The van der Waals surface area contributed by atoms with Gasteiger partial charge in [-0.3, -0.25) is 4.21 Å². The first-order chi connectivity index (χ1) is 16.4. The molecule has 0 spiro atoms. The number of aromatic nitrogens is 2. The Morgan fingerprint density at radius 1 is 0.912 bits per heavy atom. The SMILES string of the molecule is Cc1cc2nc(S(=O)Cc3ccccc3C(=O)O)n(Cc3cccc4ccccc34)c2cc1C. The topological polar surface area (TPSA) is 72.2 Å². The van der Waals surface area contributed by atoms with Crippen molar-refractivity contribution in [2.45, 2.75) is 31.3 Å². The standard InChI is InChI=1S/C28H24N2O3S/c1-18-14-25-26(15-19(18)2)30(16-21-11-7-10-20-8-3-5-12-23(20)21)28(29-25)34(33)17-22-9-4-6-13-24(22)27(31)32/h3-15H,16-17H2,1-2H3,(H,31,32). The van der Waals surface area contributed by atoms with Crippen LogP contribution in [0, 0.1) is 13.8 Å². The molecule has 5 nitrogen and oxygen atoms in total. The van der Waals surface area contributed by atoms with E-state index in [1.54, 1.807) is 24.3 Å². The summed E-state index contributed by atoms with van der Waals surface area (Å²) in [4.78, 5) is 16.4. The molecule has 5 rings (SSSR count). The van der Waals surface area contributed by atoms with Crippen molar-refractivity contribution >= 4 is 38.6 Å². The van der Waals surface area contributed by atoms with Crippen molar-refractivity contribution in [1.82, 2.24) is 9.55 Å². The molecule has 6 heteroatoms. The zero-order valence-corrected chi connectivity index (χ0v) is 19.8. The number of carboxylic acid groups (broad SMARTS) is 1. The molecule has 0 fully saturated rings. The van der Waals surface area contributed by atoms with Gasteiger partial charge < -0.3 is 9.67 Å². The van der Waals surface area contributed by atoms with Crippen LogP contribution in [0.5, 0.6) is 0 Å². The number of hydrogen-bond donors (Lipinski definition) is 1. The molecule has 0 aliphatic heterocycles. The Hall–Kier alpha value is -3.77. The fourth-order valence-electron chi connectivity index (χ4n) is 4.35. The summed E-state index contributed by atoms with van der Waals surface area (Å²) >= 11 is 0. The summed E-state index contributed by atoms with van der Waals surface area (Å²) in [6, 6.07) is 25.2. The molecule has 0 bridgehead atoms. The second kappa shape index (κ2) is 8.88. The van der Waals surface area contributed by atoms with E-state index in [9.17, 15) is 14.1 Å². The summed E-state index contributed by atoms with van der Waals surface area (Å²) in [6.45, 7) is 4.62. The fourth-order valence-corrected chi connectivity index (χ4v) is 5.62. The summed E-state index contributed by atoms with van der Waals surface area (Å²) in [5.74, 6) is -0.942. The van der Waals surface area contributed by atoms with Gasteiger partial charge in [0, 0.05) is 0 Å². The summed E-state index contributed by atoms with van der Waals surface area (Å²) in [5.41, 5.74) is 5.78. The number of hydrogen-bond acceptors (Lipinski definition) is 3. The summed E-state index contributed by atoms with van der Waals surface area (Å²) in [6.07, 6.45) is 0. The van der Waals surface area contributed by atoms with Crippen LogP contribution in [-0.2, 0) is 23.1 Å². The van der Waals surface area contributed by atoms with Crippen molar-refractivity contribution in [3.63, 3.8) is 0 Å². The van der Waals surface area contributed by atoms with Crippen LogP contribution in [0.15, 0.2) is 84.0 Å². The molecular formula is C28H24N2O3S. The third-order valence-electron chi connectivity index (χ3n) is 6.28. The Kier molecular flexibility index (Phi) is 5.75. The van der Waals surface area contributed by atoms with E-state index >= 15 is 0 Å². The van der Waals surface area contributed by atoms with Gasteiger partial charge in [-0.1, -0.05) is 60.7 Å². The first kappa shape index (κ1) is 22.0. The molecule has 1 aromatic heterocycles. The average molecular weight is 469 g/mol. The van der Waals surface area contributed by atoms with Crippen molar-refractivity contribution in [2.75, 3.05) is 0 Å². The lowest BCUT2D eigenvalue weighted by Crippen LogP contribution is -2.11. The molecule has 170 valence electrons. The highest BCUT2D eigenvalue weighted by atomic mass is 32.2. The van der Waals surface area contributed by atoms with Crippen LogP contribution in [0.2, 0.25) is 0 Å². The number of imidazole rings is 1. The Morgan fingerprint density at radius 2 is 1.59 bits per heavy atom. The Labute approximate surface area is 200 Å². The van der Waals surface area contributed by atoms with E-state index in [0.29, 0.717) is 17.3 Å². The third-order valence-corrected chi connectivity index (χ3v) is 7.57. The monoisotopic (exact) mass is 468 g/mol. The van der Waals surface area contributed by atoms with E-state index in [1.165, 1.54) is 0 Å². The molecule has 1 N–H and O–H groups in total. The molecule has 0 radical (unpaired) electrons. The number of carboxylic acids is 1. The first-order valence-corrected chi connectivity index (χ1v) is 12.4. The van der Waals surface area contributed by atoms with Gasteiger partial charge in [0.05, 0.1) is 39.7 Å². The lowest BCUT2D eigenvalue weighted by atomic mass is 10.0. The largest absolute Gasteiger partial charge is 0.478 e. The van der Waals surface area contributed by atoms with Crippen LogP contribution >= 0.6 is 0 Å². The summed E-state index contributed by atoms with van der Waals surface area (Å²) in [5, 5.41) is 12.3. The Bertz CT molecular complexity index is 1580. The van der Waals surface area contributed by atoms with Gasteiger partial charge in [0.1, 0.15) is 0 Å². The summed E-state index contributed by atoms with van der Waals surface area (Å²) < 4.78 is 15.7. The molecule has 0 saturated heterocycles. The van der Waals surface area contributed by atoms with Gasteiger partial charge >= 0.3 is 5.97 Å². The van der Waals surface area contributed by atoms with Crippen molar-refractivity contribution in [3.05, 3.63) is 107 Å². The van der Waals surface area contributed by atoms with Crippen LogP contribution in [0.3, 0.4) is 0 Å². The van der Waals surface area contributed by atoms with Crippen LogP contribution in [0.4, 0.5) is 0 Å². The van der Waals surface area contributed by atoms with Crippen molar-refractivity contribution in [1.29, 1.82) is 0 Å². The minimum atomic E-state index is -1.54. The van der Waals surface area contributed by atoms with Gasteiger partial charge in [-0.25, -0.2) is 9.78 Å². The molecular weight excluding hydrogens is 444 g/mol. The Balaban J connectivity index is 1.64. The van der Waals surface area contributed by atoms with Crippen molar-refractivity contribution in [3.8, 4) is 0 Å². The number of fused-ring (bicyclic) bond motifs is 2. The molecule has 4 aromatic carbocycles. The van der Waals surface area contributed by atoms with E-state index in [1.807, 2.05) is 35.8 Å². The quantitative estimate of drug-likeness (QED) is 0.339. The maximum absolute atomic E-state index is 13.6. The third kappa shape index (κ3) is 4.01. The minimum absolute atomic E-state index is 0.0826. The second-order valence-electron chi connectivity index (χ2n) is 8.50. The number of rotatable bonds is 6. The van der Waals surface area contributed by atoms with E-state index in [-0.39, 0.29) is 11.3 Å². The molecule has 0 aliphatic rings. The molecule has 34 heavy (non-hydrogen) atoms. The summed E-state index contributed by atoms with van der Waals surface area (Å²) in [7, 11) is -1.54. The number of nitrogens with zero attached hydrogens (tertiary/aromatic N) is 2. The van der Waals surface area contributed by atoms with Crippen LogP contribution in [-0.4, -0.2) is 24.8 Å². The predicted octanol–water partition coefficient (Wildman–Crippen LogP) is 5.86. The molecule has 5 aromatic rings. The highest BCUT2D eigenvalue weighted by Crippen LogP contribution is 2.27. The highest BCUT2D eigenvalue weighted by Gasteiger charge is 2.20. The number of carbonyl (C=O) groups is 1. The average Bonchev–Trinajstić information content (AvgIpc) is 3.17. The van der Waals surface area contributed by atoms with E-state index in [4.69, 9.17) is 4.98 Å². The molecule has 0 aliphatic carbocycles. The van der Waals surface area contributed by atoms with Crippen molar-refractivity contribution in [2.24, 2.45) is 0 Å². The van der Waals surface area contributed by atoms with Crippen LogP contribution < -0.4 is 0 Å². The molecule has 1 unspecified atom stereocenters. The zero-order chi connectivity index (χ0) is 23.8. The normalized spacial score (nSPS) is 12.3. The maximum Gasteiger partial charge on any atom is 0.335 e. The van der Waals surface area contributed by atoms with Crippen molar-refractivity contribution < 1.29 is 14.1 Å². The number of benzene rings is 4. The predicted molar refractivity (Wildman–Crippen MR) is 136 cm³/mol. The molecule has 0 saturated carbocycles. The highest BCUT2D eigenvalue weighted by molar-refractivity contribution is 7.84. The lowest BCUT2D eigenvalue weighted by molar-refractivity contribution is 0.0696. The maximum atomic E-state index is 13.6. The Morgan fingerprint density at radius 3 is 2.41 bits per heavy atom. The number of aromatic carboxylic acids is 1. The van der Waals surface area contributed by atoms with Gasteiger partial charge in [0.2, 0.25) is 5.16 Å². The van der Waals surface area contributed by atoms with Crippen LogP contribution in [0.25, 0.3) is 21.8 Å². The van der Waals surface area contributed by atoms with E-state index in [2.05, 4.69) is 37.3 Å². The lowest BCUT2D eigenvalue weighted by Gasteiger charge is -2.13. The van der Waals surface area contributed by atoms with Gasteiger partial charge in [-0.15, -0.1) is 0 Å². The van der Waals surface area contributed by atoms with Crippen LogP contribution in [0.1, 0.15) is 32.6 Å². The molecule has 0 amide bonds. The first-order valence-electron chi connectivity index (χ1n) is 11.1. The van der Waals surface area contributed by atoms with Gasteiger partial charge in [0.25, 0.3) is 0 Å². The van der Waals surface area contributed by atoms with Gasteiger partial charge in [-0.05, 0) is 65.1 Å². The zero-order valence-electron chi connectivity index (χ0n) is 19.0. The molecule has 1 atom stereocenters. The van der Waals surface area contributed by atoms with E-state index < -0.39 is 16.8 Å². The van der Waals surface area contributed by atoms with E-state index in [0.717, 1.165) is 38.5 Å². The molecule has 1 heterocycles. The van der Waals surface area contributed by atoms with Gasteiger partial charge in [-0.2, -0.15) is 0 Å². The smallest absolute Gasteiger partial charge is 0.335 e. The second-order valence-corrected chi connectivity index (χ2v) is 9.84. The van der Waals surface area contributed by atoms with Gasteiger partial charge in [0.15, 0.2) is 0 Å².